The summed E-state index contributed by atoms with van der Waals surface area (Å²) in [6.45, 7) is 3.81. The van der Waals surface area contributed by atoms with Crippen LogP contribution in [0.4, 0.5) is 0 Å². The number of benzene rings is 1. The molecule has 2 heteroatoms. The Morgan fingerprint density at radius 3 is 2.56 bits per heavy atom. The van der Waals surface area contributed by atoms with E-state index >= 15 is 0 Å². The minimum Gasteiger partial charge on any atom is -0.465 e. The third kappa shape index (κ3) is 1.34. The molecule has 3 aromatic rings. The molecule has 0 fully saturated rings. The van der Waals surface area contributed by atoms with Gasteiger partial charge >= 0.3 is 0 Å². The Morgan fingerprint density at radius 2 is 1.88 bits per heavy atom. The van der Waals surface area contributed by atoms with Gasteiger partial charge in [-0.3, -0.25) is 0 Å². The second kappa shape index (κ2) is 3.27. The lowest BCUT2D eigenvalue weighted by Crippen LogP contribution is -1.71. The Morgan fingerprint density at radius 1 is 1.06 bits per heavy atom. The van der Waals surface area contributed by atoms with E-state index in [1.54, 1.807) is 0 Å². The van der Waals surface area contributed by atoms with Crippen molar-refractivity contribution in [1.29, 1.82) is 0 Å². The number of rotatable bonds is 1. The molecule has 3 rings (SSSR count). The van der Waals surface area contributed by atoms with E-state index in [-0.39, 0.29) is 0 Å². The summed E-state index contributed by atoms with van der Waals surface area (Å²) >= 11 is 0. The quantitative estimate of drug-likeness (QED) is 0.605. The molecule has 0 unspecified atom stereocenters. The van der Waals surface area contributed by atoms with Crippen LogP contribution in [0.3, 0.4) is 0 Å². The smallest absolute Gasteiger partial charge is 0.139 e. The van der Waals surface area contributed by atoms with Gasteiger partial charge in [0, 0.05) is 11.5 Å². The number of hydrogen-bond donors (Lipinski definition) is 0. The normalized spacial score (nSPS) is 11.1. The summed E-state index contributed by atoms with van der Waals surface area (Å²) in [6.07, 6.45) is 0. The number of hydrogen-bond acceptors (Lipinski definition) is 2. The van der Waals surface area contributed by atoms with Crippen LogP contribution in [-0.2, 0) is 0 Å². The Bertz CT molecular complexity index is 611. The fourth-order valence-electron chi connectivity index (χ4n) is 1.91. The van der Waals surface area contributed by atoms with Crippen molar-refractivity contribution < 1.29 is 8.83 Å². The molecule has 0 amide bonds. The first-order valence-corrected chi connectivity index (χ1v) is 5.22. The molecule has 79 valence electrons. The maximum Gasteiger partial charge on any atom is 0.139 e. The first-order valence-electron chi connectivity index (χ1n) is 5.22. The summed E-state index contributed by atoms with van der Waals surface area (Å²) in [5.74, 6) is 2.44. The zero-order valence-electron chi connectivity index (χ0n) is 9.20. The van der Waals surface area contributed by atoms with Crippen molar-refractivity contribution >= 4 is 11.0 Å². The number of para-hydroxylation sites is 1. The van der Waals surface area contributed by atoms with Crippen LogP contribution in [-0.4, -0.2) is 0 Å². The molecule has 0 saturated heterocycles. The van der Waals surface area contributed by atoms with E-state index in [2.05, 4.69) is 6.07 Å². The van der Waals surface area contributed by atoms with Gasteiger partial charge in [0.1, 0.15) is 22.9 Å². The van der Waals surface area contributed by atoms with E-state index in [4.69, 9.17) is 8.83 Å². The molecule has 0 aliphatic rings. The average Bonchev–Trinajstić information content (AvgIpc) is 2.81. The molecule has 1 aromatic carbocycles. The van der Waals surface area contributed by atoms with Crippen molar-refractivity contribution in [2.24, 2.45) is 0 Å². The van der Waals surface area contributed by atoms with Gasteiger partial charge in [-0.1, -0.05) is 18.2 Å². The van der Waals surface area contributed by atoms with Gasteiger partial charge in [0.25, 0.3) is 0 Å². The van der Waals surface area contributed by atoms with Crippen LogP contribution in [0.25, 0.3) is 22.3 Å². The third-order valence-corrected chi connectivity index (χ3v) is 2.63. The van der Waals surface area contributed by atoms with Crippen LogP contribution in [0, 0.1) is 19.9 Å². The van der Waals surface area contributed by atoms with Crippen molar-refractivity contribution in [1.82, 2.24) is 0 Å². The van der Waals surface area contributed by atoms with E-state index in [9.17, 15) is 0 Å². The van der Waals surface area contributed by atoms with Gasteiger partial charge in [0.2, 0.25) is 0 Å². The molecule has 0 bridgehead atoms. The highest BCUT2D eigenvalue weighted by Gasteiger charge is 2.12. The zero-order valence-corrected chi connectivity index (χ0v) is 9.20. The molecule has 2 heterocycles. The number of aryl methyl sites for hydroxylation is 2. The Kier molecular flexibility index (Phi) is 1.90. The maximum atomic E-state index is 5.76. The fourth-order valence-corrected chi connectivity index (χ4v) is 1.91. The van der Waals surface area contributed by atoms with Crippen LogP contribution in [0.15, 0.2) is 39.2 Å². The largest absolute Gasteiger partial charge is 0.465 e. The van der Waals surface area contributed by atoms with Crippen molar-refractivity contribution in [3.63, 3.8) is 0 Å². The molecular formula is C14H11O2. The van der Waals surface area contributed by atoms with Gasteiger partial charge in [-0.25, -0.2) is 0 Å². The highest BCUT2D eigenvalue weighted by atomic mass is 16.4. The first-order chi connectivity index (χ1) is 7.74. The third-order valence-electron chi connectivity index (χ3n) is 2.63. The van der Waals surface area contributed by atoms with E-state index in [1.165, 1.54) is 0 Å². The van der Waals surface area contributed by atoms with Crippen LogP contribution >= 0.6 is 0 Å². The highest BCUT2D eigenvalue weighted by Crippen LogP contribution is 2.31. The standard InChI is InChI=1S/C14H11O2/c1-9-7-12(10(2)15-9)14-8-11-5-3-4-6-13(11)16-14/h3-6,8H,1-2H3. The first kappa shape index (κ1) is 9.28. The minimum absolute atomic E-state index is 0.785. The summed E-state index contributed by atoms with van der Waals surface area (Å²) in [4.78, 5) is 0. The molecule has 16 heavy (non-hydrogen) atoms. The van der Waals surface area contributed by atoms with Crippen molar-refractivity contribution in [3.05, 3.63) is 47.9 Å². The Hall–Kier alpha value is -1.96. The molecule has 0 spiro atoms. The molecule has 2 nitrogen and oxygen atoms in total. The fraction of sp³-hybridized carbons (Fsp3) is 0.143. The second-order valence-electron chi connectivity index (χ2n) is 3.86. The maximum absolute atomic E-state index is 5.76. The lowest BCUT2D eigenvalue weighted by Gasteiger charge is -1.90. The predicted molar refractivity (Wildman–Crippen MR) is 62.2 cm³/mol. The van der Waals surface area contributed by atoms with Crippen molar-refractivity contribution in [2.75, 3.05) is 0 Å². The summed E-state index contributed by atoms with van der Waals surface area (Å²) in [5.41, 5.74) is 1.80. The molecule has 0 aliphatic heterocycles. The van der Waals surface area contributed by atoms with Gasteiger partial charge in [-0.2, -0.15) is 0 Å². The minimum atomic E-state index is 0.785. The summed E-state index contributed by atoms with van der Waals surface area (Å²) in [5, 5.41) is 1.10. The second-order valence-corrected chi connectivity index (χ2v) is 3.86. The van der Waals surface area contributed by atoms with Gasteiger partial charge in [-0.05, 0) is 26.0 Å². The van der Waals surface area contributed by atoms with E-state index in [1.807, 2.05) is 44.2 Å². The van der Waals surface area contributed by atoms with E-state index < -0.39 is 0 Å². The van der Waals surface area contributed by atoms with E-state index in [0.29, 0.717) is 0 Å². The molecule has 0 atom stereocenters. The van der Waals surface area contributed by atoms with Crippen LogP contribution in [0.2, 0.25) is 0 Å². The lowest BCUT2D eigenvalue weighted by molar-refractivity contribution is 0.503. The summed E-state index contributed by atoms with van der Waals surface area (Å²) < 4.78 is 11.2. The average molecular weight is 211 g/mol. The monoisotopic (exact) mass is 211 g/mol. The van der Waals surface area contributed by atoms with Gasteiger partial charge in [0.05, 0.1) is 5.56 Å². The highest BCUT2D eigenvalue weighted by molar-refractivity contribution is 5.82. The Labute approximate surface area is 93.5 Å². The molecular weight excluding hydrogens is 200 g/mol. The molecule has 1 radical (unpaired) electrons. The van der Waals surface area contributed by atoms with E-state index in [0.717, 1.165) is 33.8 Å². The molecule has 2 aromatic heterocycles. The van der Waals surface area contributed by atoms with Crippen molar-refractivity contribution in [2.45, 2.75) is 13.8 Å². The van der Waals surface area contributed by atoms with Gasteiger partial charge < -0.3 is 8.83 Å². The van der Waals surface area contributed by atoms with Crippen LogP contribution in [0.5, 0.6) is 0 Å². The van der Waals surface area contributed by atoms with Crippen molar-refractivity contribution in [3.8, 4) is 11.3 Å². The topological polar surface area (TPSA) is 26.3 Å². The molecule has 0 saturated carbocycles. The number of fused-ring (bicyclic) bond motifs is 1. The zero-order chi connectivity index (χ0) is 11.1. The van der Waals surface area contributed by atoms with Crippen LogP contribution < -0.4 is 0 Å². The van der Waals surface area contributed by atoms with Gasteiger partial charge in [0.15, 0.2) is 0 Å². The van der Waals surface area contributed by atoms with Gasteiger partial charge in [-0.15, -0.1) is 0 Å². The summed E-state index contributed by atoms with van der Waals surface area (Å²) in [6, 6.07) is 13.1. The van der Waals surface area contributed by atoms with Crippen LogP contribution in [0.1, 0.15) is 11.5 Å². The summed E-state index contributed by atoms with van der Waals surface area (Å²) in [7, 11) is 0. The predicted octanol–water partition coefficient (Wildman–Crippen LogP) is 4.11. The lowest BCUT2D eigenvalue weighted by atomic mass is 10.2. The molecule has 0 N–H and O–H groups in total. The SMILES string of the molecule is Cc1[c]c(-c2cc3ccccc3o2)c(C)o1. The molecule has 0 aliphatic carbocycles. The Balaban J connectivity index is 2.22. The number of furan rings is 2.